The first-order valence-corrected chi connectivity index (χ1v) is 7.47. The van der Waals surface area contributed by atoms with Crippen molar-refractivity contribution >= 4 is 17.3 Å². The number of aryl methyl sites for hydroxylation is 1. The summed E-state index contributed by atoms with van der Waals surface area (Å²) in [6.07, 6.45) is 5.02. The molecule has 3 rings (SSSR count). The standard InChI is InChI=1S/C16H22N2O2/c1-11-5-7-14(20-11)10-18-15-8-6-13(17)9-12(15)3-2-4-16(18)19/h6,8-9,11,14H,2-5,7,10,17H2,1H3. The number of anilines is 2. The molecule has 0 bridgehead atoms. The van der Waals surface area contributed by atoms with E-state index in [4.69, 9.17) is 10.5 Å². The van der Waals surface area contributed by atoms with Crippen LogP contribution in [-0.4, -0.2) is 24.7 Å². The topological polar surface area (TPSA) is 55.6 Å². The molecule has 1 amide bonds. The van der Waals surface area contributed by atoms with E-state index in [1.54, 1.807) is 0 Å². The molecule has 108 valence electrons. The maximum atomic E-state index is 12.4. The highest BCUT2D eigenvalue weighted by Crippen LogP contribution is 2.30. The molecule has 4 heteroatoms. The summed E-state index contributed by atoms with van der Waals surface area (Å²) in [5, 5.41) is 0. The van der Waals surface area contributed by atoms with Crippen LogP contribution in [0.3, 0.4) is 0 Å². The van der Waals surface area contributed by atoms with Crippen LogP contribution in [0.2, 0.25) is 0 Å². The van der Waals surface area contributed by atoms with Crippen molar-refractivity contribution in [1.82, 2.24) is 0 Å². The summed E-state index contributed by atoms with van der Waals surface area (Å²) in [6, 6.07) is 5.86. The van der Waals surface area contributed by atoms with E-state index in [-0.39, 0.29) is 12.0 Å². The monoisotopic (exact) mass is 274 g/mol. The van der Waals surface area contributed by atoms with E-state index in [9.17, 15) is 4.79 Å². The Balaban J connectivity index is 1.86. The van der Waals surface area contributed by atoms with E-state index in [0.29, 0.717) is 19.1 Å². The summed E-state index contributed by atoms with van der Waals surface area (Å²) in [5.41, 5.74) is 8.83. The summed E-state index contributed by atoms with van der Waals surface area (Å²) in [4.78, 5) is 14.3. The van der Waals surface area contributed by atoms with E-state index in [1.807, 2.05) is 23.1 Å². The first-order valence-electron chi connectivity index (χ1n) is 7.47. The Kier molecular flexibility index (Phi) is 3.66. The van der Waals surface area contributed by atoms with Gasteiger partial charge in [-0.2, -0.15) is 0 Å². The van der Waals surface area contributed by atoms with Crippen molar-refractivity contribution in [3.05, 3.63) is 23.8 Å². The zero-order valence-electron chi connectivity index (χ0n) is 12.0. The van der Waals surface area contributed by atoms with E-state index in [1.165, 1.54) is 5.56 Å². The highest BCUT2D eigenvalue weighted by Gasteiger charge is 2.29. The number of nitrogens with two attached hydrogens (primary N) is 1. The number of carbonyl (C=O) groups excluding carboxylic acids is 1. The Labute approximate surface area is 119 Å². The summed E-state index contributed by atoms with van der Waals surface area (Å²) in [7, 11) is 0. The fourth-order valence-electron chi connectivity index (χ4n) is 3.19. The Bertz CT molecular complexity index is 515. The van der Waals surface area contributed by atoms with Gasteiger partial charge in [-0.3, -0.25) is 4.79 Å². The van der Waals surface area contributed by atoms with Gasteiger partial charge in [-0.1, -0.05) is 0 Å². The summed E-state index contributed by atoms with van der Waals surface area (Å²) < 4.78 is 5.87. The molecule has 0 aliphatic carbocycles. The maximum Gasteiger partial charge on any atom is 0.227 e. The number of hydrogen-bond acceptors (Lipinski definition) is 3. The highest BCUT2D eigenvalue weighted by atomic mass is 16.5. The number of amides is 1. The largest absolute Gasteiger partial charge is 0.399 e. The van der Waals surface area contributed by atoms with Gasteiger partial charge in [-0.25, -0.2) is 0 Å². The van der Waals surface area contributed by atoms with Crippen LogP contribution in [0, 0.1) is 0 Å². The Morgan fingerprint density at radius 2 is 2.20 bits per heavy atom. The van der Waals surface area contributed by atoms with Crippen LogP contribution in [0.15, 0.2) is 18.2 Å². The third kappa shape index (κ3) is 2.66. The molecule has 1 aromatic carbocycles. The summed E-state index contributed by atoms with van der Waals surface area (Å²) in [5.74, 6) is 0.205. The van der Waals surface area contributed by atoms with Gasteiger partial charge in [-0.15, -0.1) is 0 Å². The van der Waals surface area contributed by atoms with Gasteiger partial charge in [0.2, 0.25) is 5.91 Å². The summed E-state index contributed by atoms with van der Waals surface area (Å²) >= 11 is 0. The molecule has 4 nitrogen and oxygen atoms in total. The smallest absolute Gasteiger partial charge is 0.227 e. The van der Waals surface area contributed by atoms with Gasteiger partial charge in [0.1, 0.15) is 0 Å². The van der Waals surface area contributed by atoms with E-state index >= 15 is 0 Å². The third-order valence-corrected chi connectivity index (χ3v) is 4.24. The Morgan fingerprint density at radius 1 is 1.35 bits per heavy atom. The average molecular weight is 274 g/mol. The van der Waals surface area contributed by atoms with Crippen LogP contribution in [0.1, 0.15) is 38.2 Å². The SMILES string of the molecule is CC1CCC(CN2C(=O)CCCc3cc(N)ccc32)O1. The van der Waals surface area contributed by atoms with Gasteiger partial charge >= 0.3 is 0 Å². The van der Waals surface area contributed by atoms with Crippen molar-refractivity contribution in [2.45, 2.75) is 51.2 Å². The molecule has 0 saturated carbocycles. The molecule has 2 aliphatic rings. The second-order valence-corrected chi connectivity index (χ2v) is 5.89. The van der Waals surface area contributed by atoms with Crippen molar-refractivity contribution in [1.29, 1.82) is 0 Å². The van der Waals surface area contributed by atoms with Gasteiger partial charge in [0.15, 0.2) is 0 Å². The van der Waals surface area contributed by atoms with Crippen LogP contribution >= 0.6 is 0 Å². The second kappa shape index (κ2) is 5.44. The van der Waals surface area contributed by atoms with Gasteiger partial charge in [0.05, 0.1) is 18.8 Å². The first kappa shape index (κ1) is 13.4. The van der Waals surface area contributed by atoms with Gasteiger partial charge in [-0.05, 0) is 56.4 Å². The van der Waals surface area contributed by atoms with Gasteiger partial charge in [0.25, 0.3) is 0 Å². The van der Waals surface area contributed by atoms with Crippen molar-refractivity contribution < 1.29 is 9.53 Å². The molecule has 2 heterocycles. The molecule has 0 radical (unpaired) electrons. The lowest BCUT2D eigenvalue weighted by molar-refractivity contribution is -0.119. The third-order valence-electron chi connectivity index (χ3n) is 4.24. The molecular formula is C16H22N2O2. The van der Waals surface area contributed by atoms with Crippen LogP contribution in [0.4, 0.5) is 11.4 Å². The Morgan fingerprint density at radius 3 is 2.95 bits per heavy atom. The number of hydrogen-bond donors (Lipinski definition) is 1. The van der Waals surface area contributed by atoms with Crippen LogP contribution in [0.5, 0.6) is 0 Å². The normalized spacial score (nSPS) is 26.4. The number of nitrogens with zero attached hydrogens (tertiary/aromatic N) is 1. The van der Waals surface area contributed by atoms with E-state index in [0.717, 1.165) is 37.1 Å². The lowest BCUT2D eigenvalue weighted by Crippen LogP contribution is -2.37. The van der Waals surface area contributed by atoms with Crippen molar-refractivity contribution in [3.63, 3.8) is 0 Å². The van der Waals surface area contributed by atoms with Crippen molar-refractivity contribution in [2.24, 2.45) is 0 Å². The minimum Gasteiger partial charge on any atom is -0.399 e. The van der Waals surface area contributed by atoms with Crippen LogP contribution < -0.4 is 10.6 Å². The minimum absolute atomic E-state index is 0.164. The molecule has 2 N–H and O–H groups in total. The van der Waals surface area contributed by atoms with Crippen molar-refractivity contribution in [2.75, 3.05) is 17.2 Å². The van der Waals surface area contributed by atoms with Crippen molar-refractivity contribution in [3.8, 4) is 0 Å². The van der Waals surface area contributed by atoms with Crippen LogP contribution in [0.25, 0.3) is 0 Å². The molecule has 1 aromatic rings. The molecule has 20 heavy (non-hydrogen) atoms. The fourth-order valence-corrected chi connectivity index (χ4v) is 3.19. The molecular weight excluding hydrogens is 252 g/mol. The molecule has 0 aromatic heterocycles. The number of nitrogen functional groups attached to an aromatic ring is 1. The molecule has 1 fully saturated rings. The second-order valence-electron chi connectivity index (χ2n) is 5.89. The maximum absolute atomic E-state index is 12.4. The predicted molar refractivity (Wildman–Crippen MR) is 79.7 cm³/mol. The Hall–Kier alpha value is -1.55. The lowest BCUT2D eigenvalue weighted by Gasteiger charge is -2.26. The van der Waals surface area contributed by atoms with Gasteiger partial charge < -0.3 is 15.4 Å². The number of carbonyl (C=O) groups is 1. The fraction of sp³-hybridized carbons (Fsp3) is 0.562. The summed E-state index contributed by atoms with van der Waals surface area (Å²) in [6.45, 7) is 2.76. The zero-order chi connectivity index (χ0) is 14.1. The van der Waals surface area contributed by atoms with Gasteiger partial charge in [0, 0.05) is 17.8 Å². The number of rotatable bonds is 2. The average Bonchev–Trinajstić information content (AvgIpc) is 2.75. The zero-order valence-corrected chi connectivity index (χ0v) is 12.0. The molecule has 2 aliphatic heterocycles. The molecule has 2 atom stereocenters. The highest BCUT2D eigenvalue weighted by molar-refractivity contribution is 5.95. The molecule has 0 spiro atoms. The molecule has 2 unspecified atom stereocenters. The first-order chi connectivity index (χ1) is 9.63. The number of fused-ring (bicyclic) bond motifs is 1. The minimum atomic E-state index is 0.164. The number of ether oxygens (including phenoxy) is 1. The van der Waals surface area contributed by atoms with E-state index in [2.05, 4.69) is 6.92 Å². The molecule has 1 saturated heterocycles. The quantitative estimate of drug-likeness (QED) is 0.843. The van der Waals surface area contributed by atoms with E-state index < -0.39 is 0 Å². The lowest BCUT2D eigenvalue weighted by atomic mass is 10.1. The van der Waals surface area contributed by atoms with Crippen LogP contribution in [-0.2, 0) is 16.0 Å². The number of benzene rings is 1. The predicted octanol–water partition coefficient (Wildman–Crippen LogP) is 2.51.